The van der Waals surface area contributed by atoms with Gasteiger partial charge in [-0.05, 0) is 19.8 Å². The van der Waals surface area contributed by atoms with Crippen LogP contribution in [0.5, 0.6) is 0 Å². The van der Waals surface area contributed by atoms with Gasteiger partial charge in [0.2, 0.25) is 0 Å². The Labute approximate surface area is 112 Å². The summed E-state index contributed by atoms with van der Waals surface area (Å²) in [6, 6.07) is 1.93. The molecule has 100 valence electrons. The molecular formula is C13H16N4O2. The Morgan fingerprint density at radius 2 is 2.42 bits per heavy atom. The predicted octanol–water partition coefficient (Wildman–Crippen LogP) is 1.13. The summed E-state index contributed by atoms with van der Waals surface area (Å²) in [7, 11) is 0. The monoisotopic (exact) mass is 260 g/mol. The Balaban J connectivity index is 2.04. The van der Waals surface area contributed by atoms with Crippen molar-refractivity contribution in [2.75, 3.05) is 24.6 Å². The van der Waals surface area contributed by atoms with E-state index in [1.54, 1.807) is 6.20 Å². The highest BCUT2D eigenvalue weighted by atomic mass is 16.5. The average Bonchev–Trinajstić information content (AvgIpc) is 2.48. The van der Waals surface area contributed by atoms with Gasteiger partial charge < -0.3 is 9.64 Å². The van der Waals surface area contributed by atoms with Gasteiger partial charge >= 0.3 is 5.97 Å². The number of anilines is 1. The SMILES string of the molecule is CCOC(=O)[C@H]1CCCN(c2cnc(C#N)cn2)C1. The molecule has 0 radical (unpaired) electrons. The first-order valence-corrected chi connectivity index (χ1v) is 6.38. The fraction of sp³-hybridized carbons (Fsp3) is 0.538. The van der Waals surface area contributed by atoms with Gasteiger partial charge in [-0.15, -0.1) is 0 Å². The van der Waals surface area contributed by atoms with Gasteiger partial charge in [-0.1, -0.05) is 0 Å². The summed E-state index contributed by atoms with van der Waals surface area (Å²) in [6.45, 7) is 3.66. The standard InChI is InChI=1S/C13H16N4O2/c1-2-19-13(18)10-4-3-5-17(9-10)12-8-15-11(6-14)7-16-12/h7-8,10H,2-5,9H2,1H3/t10-/m0/s1. The lowest BCUT2D eigenvalue weighted by Crippen LogP contribution is -2.39. The number of ether oxygens (including phenoxy) is 1. The summed E-state index contributed by atoms with van der Waals surface area (Å²) in [5.74, 6) is 0.452. The van der Waals surface area contributed by atoms with Gasteiger partial charge in [-0.3, -0.25) is 4.79 Å². The number of carbonyl (C=O) groups excluding carboxylic acids is 1. The maximum Gasteiger partial charge on any atom is 0.310 e. The van der Waals surface area contributed by atoms with Crippen molar-refractivity contribution in [2.24, 2.45) is 5.92 Å². The van der Waals surface area contributed by atoms with Crippen molar-refractivity contribution >= 4 is 11.8 Å². The zero-order chi connectivity index (χ0) is 13.7. The average molecular weight is 260 g/mol. The molecule has 19 heavy (non-hydrogen) atoms. The van der Waals surface area contributed by atoms with E-state index in [1.165, 1.54) is 6.20 Å². The number of piperidine rings is 1. The van der Waals surface area contributed by atoms with Gasteiger partial charge in [0.25, 0.3) is 0 Å². The summed E-state index contributed by atoms with van der Waals surface area (Å²) in [4.78, 5) is 22.0. The molecule has 6 heteroatoms. The summed E-state index contributed by atoms with van der Waals surface area (Å²) in [5.41, 5.74) is 0.294. The molecular weight excluding hydrogens is 244 g/mol. The number of hydrogen-bond acceptors (Lipinski definition) is 6. The van der Waals surface area contributed by atoms with E-state index in [-0.39, 0.29) is 11.9 Å². The highest BCUT2D eigenvalue weighted by molar-refractivity contribution is 5.73. The van der Waals surface area contributed by atoms with E-state index in [1.807, 2.05) is 17.9 Å². The molecule has 1 aliphatic heterocycles. The fourth-order valence-corrected chi connectivity index (χ4v) is 2.18. The van der Waals surface area contributed by atoms with Crippen LogP contribution >= 0.6 is 0 Å². The van der Waals surface area contributed by atoms with Crippen LogP contribution < -0.4 is 4.90 Å². The topological polar surface area (TPSA) is 79.1 Å². The van der Waals surface area contributed by atoms with Crippen LogP contribution in [0.3, 0.4) is 0 Å². The Morgan fingerprint density at radius 3 is 3.05 bits per heavy atom. The molecule has 0 saturated carbocycles. The second-order valence-electron chi connectivity index (χ2n) is 4.41. The largest absolute Gasteiger partial charge is 0.466 e. The van der Waals surface area contributed by atoms with Crippen LogP contribution in [-0.4, -0.2) is 35.6 Å². The highest BCUT2D eigenvalue weighted by Gasteiger charge is 2.27. The van der Waals surface area contributed by atoms with Crippen LogP contribution in [-0.2, 0) is 9.53 Å². The lowest BCUT2D eigenvalue weighted by molar-refractivity contribution is -0.148. The first-order chi connectivity index (χ1) is 9.24. The second-order valence-corrected chi connectivity index (χ2v) is 4.41. The fourth-order valence-electron chi connectivity index (χ4n) is 2.18. The molecule has 1 aromatic heterocycles. The highest BCUT2D eigenvalue weighted by Crippen LogP contribution is 2.21. The second kappa shape index (κ2) is 6.14. The minimum absolute atomic E-state index is 0.105. The van der Waals surface area contributed by atoms with Crippen LogP contribution in [0.2, 0.25) is 0 Å². The number of rotatable bonds is 3. The molecule has 2 rings (SSSR count). The number of aromatic nitrogens is 2. The molecule has 0 aliphatic carbocycles. The van der Waals surface area contributed by atoms with Crippen molar-refractivity contribution in [3.63, 3.8) is 0 Å². The molecule has 0 amide bonds. The van der Waals surface area contributed by atoms with Crippen LogP contribution in [0.25, 0.3) is 0 Å². The number of esters is 1. The number of nitriles is 1. The molecule has 1 aromatic rings. The molecule has 1 aliphatic rings. The number of carbonyl (C=O) groups is 1. The molecule has 2 heterocycles. The van der Waals surface area contributed by atoms with Crippen LogP contribution in [0.15, 0.2) is 12.4 Å². The third-order valence-corrected chi connectivity index (χ3v) is 3.12. The minimum Gasteiger partial charge on any atom is -0.466 e. The van der Waals surface area contributed by atoms with Gasteiger partial charge in [-0.25, -0.2) is 9.97 Å². The predicted molar refractivity (Wildman–Crippen MR) is 68.3 cm³/mol. The summed E-state index contributed by atoms with van der Waals surface area (Å²) < 4.78 is 5.06. The van der Waals surface area contributed by atoms with E-state index in [4.69, 9.17) is 10.00 Å². The van der Waals surface area contributed by atoms with Gasteiger partial charge in [0.05, 0.1) is 24.9 Å². The normalized spacial score (nSPS) is 18.7. The molecule has 0 N–H and O–H groups in total. The Morgan fingerprint density at radius 1 is 1.58 bits per heavy atom. The van der Waals surface area contributed by atoms with Crippen LogP contribution in [0.4, 0.5) is 5.82 Å². The first kappa shape index (κ1) is 13.3. The van der Waals surface area contributed by atoms with Crippen LogP contribution in [0, 0.1) is 17.2 Å². The Bertz CT molecular complexity index is 480. The molecule has 1 atom stereocenters. The lowest BCUT2D eigenvalue weighted by atomic mass is 9.98. The van der Waals surface area contributed by atoms with Crippen molar-refractivity contribution in [1.82, 2.24) is 9.97 Å². The molecule has 1 saturated heterocycles. The van der Waals surface area contributed by atoms with E-state index >= 15 is 0 Å². The third kappa shape index (κ3) is 3.19. The maximum atomic E-state index is 11.7. The van der Waals surface area contributed by atoms with E-state index in [2.05, 4.69) is 9.97 Å². The van der Waals surface area contributed by atoms with Crippen molar-refractivity contribution < 1.29 is 9.53 Å². The van der Waals surface area contributed by atoms with Crippen molar-refractivity contribution in [1.29, 1.82) is 5.26 Å². The molecule has 6 nitrogen and oxygen atoms in total. The van der Waals surface area contributed by atoms with Crippen molar-refractivity contribution in [2.45, 2.75) is 19.8 Å². The van der Waals surface area contributed by atoms with Crippen molar-refractivity contribution in [3.8, 4) is 6.07 Å². The smallest absolute Gasteiger partial charge is 0.310 e. The molecule has 1 fully saturated rings. The molecule has 0 unspecified atom stereocenters. The van der Waals surface area contributed by atoms with E-state index < -0.39 is 0 Å². The van der Waals surface area contributed by atoms with Gasteiger partial charge in [0.1, 0.15) is 11.9 Å². The molecule has 0 aromatic carbocycles. The lowest BCUT2D eigenvalue weighted by Gasteiger charge is -2.32. The molecule has 0 spiro atoms. The summed E-state index contributed by atoms with van der Waals surface area (Å²) in [5, 5.41) is 8.69. The third-order valence-electron chi connectivity index (χ3n) is 3.12. The zero-order valence-corrected chi connectivity index (χ0v) is 10.9. The minimum atomic E-state index is -0.145. The maximum absolute atomic E-state index is 11.7. The zero-order valence-electron chi connectivity index (χ0n) is 10.9. The molecule has 0 bridgehead atoms. The van der Waals surface area contributed by atoms with E-state index in [0.29, 0.717) is 24.7 Å². The summed E-state index contributed by atoms with van der Waals surface area (Å²) >= 11 is 0. The van der Waals surface area contributed by atoms with Gasteiger partial charge in [-0.2, -0.15) is 5.26 Å². The first-order valence-electron chi connectivity index (χ1n) is 6.38. The van der Waals surface area contributed by atoms with Gasteiger partial charge in [0, 0.05) is 13.1 Å². The Hall–Kier alpha value is -2.16. The van der Waals surface area contributed by atoms with Crippen molar-refractivity contribution in [3.05, 3.63) is 18.1 Å². The van der Waals surface area contributed by atoms with E-state index in [0.717, 1.165) is 19.4 Å². The number of nitrogens with zero attached hydrogens (tertiary/aromatic N) is 4. The quantitative estimate of drug-likeness (QED) is 0.758. The van der Waals surface area contributed by atoms with Crippen LogP contribution in [0.1, 0.15) is 25.5 Å². The van der Waals surface area contributed by atoms with Gasteiger partial charge in [0.15, 0.2) is 5.69 Å². The van der Waals surface area contributed by atoms with E-state index in [9.17, 15) is 4.79 Å². The number of hydrogen-bond donors (Lipinski definition) is 0. The Kier molecular flexibility index (Phi) is 4.29. The summed E-state index contributed by atoms with van der Waals surface area (Å²) in [6.07, 6.45) is 4.79.